The average Bonchev–Trinajstić information content (AvgIpc) is 2.64. The summed E-state index contributed by atoms with van der Waals surface area (Å²) in [5.74, 6) is 1.02. The maximum atomic E-state index is 4.48. The molecule has 2 aliphatic heterocycles. The van der Waals surface area contributed by atoms with Gasteiger partial charge in [0.1, 0.15) is 0 Å². The highest BCUT2D eigenvalue weighted by Crippen LogP contribution is 2.40. The van der Waals surface area contributed by atoms with Gasteiger partial charge in [0.25, 0.3) is 0 Å². The van der Waals surface area contributed by atoms with Crippen molar-refractivity contribution >= 4 is 5.82 Å². The second-order valence-electron chi connectivity index (χ2n) is 6.88. The maximum Gasteiger partial charge on any atom is 0.151 e. The third-order valence-corrected chi connectivity index (χ3v) is 5.53. The maximum absolute atomic E-state index is 4.48. The Balaban J connectivity index is 1.43. The van der Waals surface area contributed by atoms with Gasteiger partial charge in [0.2, 0.25) is 0 Å². The number of benzene rings is 1. The molecule has 2 fully saturated rings. The van der Waals surface area contributed by atoms with Gasteiger partial charge in [-0.2, -0.15) is 0 Å². The Bertz CT molecular complexity index is 622. The lowest BCUT2D eigenvalue weighted by atomic mass is 9.71. The molecule has 1 N–H and O–H groups in total. The molecule has 4 rings (SSSR count). The fourth-order valence-corrected chi connectivity index (χ4v) is 3.92. The molecule has 2 saturated heterocycles. The molecule has 0 radical (unpaired) electrons. The fourth-order valence-electron chi connectivity index (χ4n) is 3.92. The number of rotatable bonds is 2. The normalized spacial score (nSPS) is 20.6. The van der Waals surface area contributed by atoms with Crippen molar-refractivity contribution < 1.29 is 0 Å². The van der Waals surface area contributed by atoms with Gasteiger partial charge < -0.3 is 10.2 Å². The molecule has 2 aromatic rings. The zero-order valence-corrected chi connectivity index (χ0v) is 13.5. The zero-order valence-electron chi connectivity index (χ0n) is 13.5. The summed E-state index contributed by atoms with van der Waals surface area (Å²) in [4.78, 5) is 2.40. The van der Waals surface area contributed by atoms with Crippen LogP contribution in [-0.2, 0) is 0 Å². The Morgan fingerprint density at radius 3 is 2.22 bits per heavy atom. The third kappa shape index (κ3) is 3.08. The van der Waals surface area contributed by atoms with Crippen LogP contribution in [0, 0.1) is 5.41 Å². The third-order valence-electron chi connectivity index (χ3n) is 5.53. The van der Waals surface area contributed by atoms with Gasteiger partial charge >= 0.3 is 0 Å². The van der Waals surface area contributed by atoms with E-state index < -0.39 is 0 Å². The topological polar surface area (TPSA) is 41.0 Å². The first-order valence-corrected chi connectivity index (χ1v) is 8.70. The summed E-state index contributed by atoms with van der Waals surface area (Å²) < 4.78 is 0. The van der Waals surface area contributed by atoms with Crippen molar-refractivity contribution in [2.75, 3.05) is 31.1 Å². The number of nitrogens with one attached hydrogen (secondary N) is 1. The summed E-state index contributed by atoms with van der Waals surface area (Å²) in [5, 5.41) is 12.4. The van der Waals surface area contributed by atoms with Crippen LogP contribution in [0.2, 0.25) is 0 Å². The molecule has 2 aliphatic rings. The Hall–Kier alpha value is -1.94. The lowest BCUT2D eigenvalue weighted by Crippen LogP contribution is -2.45. The van der Waals surface area contributed by atoms with Crippen LogP contribution in [0.25, 0.3) is 11.3 Å². The summed E-state index contributed by atoms with van der Waals surface area (Å²) in [7, 11) is 0. The Kier molecular flexibility index (Phi) is 4.00. The summed E-state index contributed by atoms with van der Waals surface area (Å²) in [6, 6.07) is 14.5. The predicted molar refractivity (Wildman–Crippen MR) is 93.5 cm³/mol. The van der Waals surface area contributed by atoms with E-state index in [-0.39, 0.29) is 0 Å². The van der Waals surface area contributed by atoms with Crippen molar-refractivity contribution in [2.45, 2.75) is 25.7 Å². The Morgan fingerprint density at radius 1 is 0.826 bits per heavy atom. The van der Waals surface area contributed by atoms with E-state index in [0.717, 1.165) is 30.2 Å². The van der Waals surface area contributed by atoms with E-state index in [1.165, 1.54) is 38.8 Å². The second kappa shape index (κ2) is 6.28. The summed E-state index contributed by atoms with van der Waals surface area (Å²) in [5.41, 5.74) is 2.65. The number of hydrogen-bond donors (Lipinski definition) is 1. The quantitative estimate of drug-likeness (QED) is 0.925. The molecule has 0 aliphatic carbocycles. The van der Waals surface area contributed by atoms with Gasteiger partial charge in [-0.1, -0.05) is 30.3 Å². The molecule has 0 unspecified atom stereocenters. The first-order valence-electron chi connectivity index (χ1n) is 8.70. The highest BCUT2D eigenvalue weighted by molar-refractivity contribution is 5.59. The standard InChI is InChI=1S/C19H24N4/c1-2-4-16(5-3-1)17-6-7-18(22-21-17)23-14-10-19(11-15-23)8-12-20-13-9-19/h1-7,20H,8-15H2. The van der Waals surface area contributed by atoms with Crippen LogP contribution in [0.1, 0.15) is 25.7 Å². The van der Waals surface area contributed by atoms with Crippen LogP contribution in [0.3, 0.4) is 0 Å². The van der Waals surface area contributed by atoms with Gasteiger partial charge in [-0.25, -0.2) is 0 Å². The number of aromatic nitrogens is 2. The largest absolute Gasteiger partial charge is 0.355 e. The number of nitrogens with zero attached hydrogens (tertiary/aromatic N) is 3. The van der Waals surface area contributed by atoms with Gasteiger partial charge in [0, 0.05) is 18.7 Å². The van der Waals surface area contributed by atoms with Crippen LogP contribution >= 0.6 is 0 Å². The van der Waals surface area contributed by atoms with Crippen molar-refractivity contribution in [2.24, 2.45) is 5.41 Å². The minimum atomic E-state index is 0.582. The van der Waals surface area contributed by atoms with Crippen LogP contribution in [-0.4, -0.2) is 36.4 Å². The highest BCUT2D eigenvalue weighted by atomic mass is 15.3. The lowest BCUT2D eigenvalue weighted by molar-refractivity contribution is 0.154. The SMILES string of the molecule is c1ccc(-c2ccc(N3CCC4(CCNCC4)CC3)nn2)cc1. The van der Waals surface area contributed by atoms with Crippen molar-refractivity contribution in [1.29, 1.82) is 0 Å². The van der Waals surface area contributed by atoms with E-state index in [4.69, 9.17) is 0 Å². The summed E-state index contributed by atoms with van der Waals surface area (Å²) in [6.07, 6.45) is 5.24. The lowest BCUT2D eigenvalue weighted by Gasteiger charge is -2.44. The van der Waals surface area contributed by atoms with Gasteiger partial charge in [0.05, 0.1) is 5.69 Å². The number of hydrogen-bond acceptors (Lipinski definition) is 4. The molecular formula is C19H24N4. The number of piperidine rings is 2. The molecule has 1 spiro atoms. The molecule has 0 bridgehead atoms. The fraction of sp³-hybridized carbons (Fsp3) is 0.474. The monoisotopic (exact) mass is 308 g/mol. The van der Waals surface area contributed by atoms with Crippen molar-refractivity contribution in [3.8, 4) is 11.3 Å². The minimum absolute atomic E-state index is 0.582. The predicted octanol–water partition coefficient (Wildman–Crippen LogP) is 3.11. The number of anilines is 1. The molecule has 4 heteroatoms. The molecular weight excluding hydrogens is 284 g/mol. The highest BCUT2D eigenvalue weighted by Gasteiger charge is 2.35. The molecule has 23 heavy (non-hydrogen) atoms. The van der Waals surface area contributed by atoms with Crippen molar-refractivity contribution in [3.05, 3.63) is 42.5 Å². The van der Waals surface area contributed by atoms with E-state index in [0.29, 0.717) is 5.41 Å². The van der Waals surface area contributed by atoms with E-state index >= 15 is 0 Å². The van der Waals surface area contributed by atoms with Crippen LogP contribution in [0.4, 0.5) is 5.82 Å². The van der Waals surface area contributed by atoms with E-state index in [1.54, 1.807) is 0 Å². The zero-order chi connectivity index (χ0) is 15.5. The molecule has 1 aromatic carbocycles. The molecule has 3 heterocycles. The van der Waals surface area contributed by atoms with E-state index in [2.05, 4.69) is 44.7 Å². The van der Waals surface area contributed by atoms with Crippen molar-refractivity contribution in [3.63, 3.8) is 0 Å². The second-order valence-corrected chi connectivity index (χ2v) is 6.88. The van der Waals surface area contributed by atoms with Gasteiger partial charge in [-0.05, 0) is 56.3 Å². The molecule has 0 atom stereocenters. The van der Waals surface area contributed by atoms with Gasteiger partial charge in [-0.3, -0.25) is 0 Å². The molecule has 0 amide bonds. The first-order chi connectivity index (χ1) is 11.3. The smallest absolute Gasteiger partial charge is 0.151 e. The van der Waals surface area contributed by atoms with E-state index in [9.17, 15) is 0 Å². The Labute approximate surface area is 137 Å². The van der Waals surface area contributed by atoms with Gasteiger partial charge in [-0.15, -0.1) is 10.2 Å². The van der Waals surface area contributed by atoms with Crippen LogP contribution in [0.5, 0.6) is 0 Å². The molecule has 1 aromatic heterocycles. The molecule has 0 saturated carbocycles. The first kappa shape index (κ1) is 14.6. The van der Waals surface area contributed by atoms with Gasteiger partial charge in [0.15, 0.2) is 5.82 Å². The van der Waals surface area contributed by atoms with Crippen LogP contribution in [0.15, 0.2) is 42.5 Å². The van der Waals surface area contributed by atoms with Crippen molar-refractivity contribution in [1.82, 2.24) is 15.5 Å². The van der Waals surface area contributed by atoms with Crippen LogP contribution < -0.4 is 10.2 Å². The molecule has 120 valence electrons. The Morgan fingerprint density at radius 2 is 1.57 bits per heavy atom. The minimum Gasteiger partial charge on any atom is -0.355 e. The van der Waals surface area contributed by atoms with E-state index in [1.807, 2.05) is 18.2 Å². The average molecular weight is 308 g/mol. The summed E-state index contributed by atoms with van der Waals surface area (Å²) in [6.45, 7) is 4.59. The molecule has 4 nitrogen and oxygen atoms in total. The summed E-state index contributed by atoms with van der Waals surface area (Å²) >= 11 is 0.